The van der Waals surface area contributed by atoms with Gasteiger partial charge in [0.05, 0.1) is 23.3 Å². The van der Waals surface area contributed by atoms with Crippen molar-refractivity contribution in [3.63, 3.8) is 0 Å². The molecule has 1 N–H and O–H groups in total. The van der Waals surface area contributed by atoms with Gasteiger partial charge in [-0.15, -0.1) is 0 Å². The second kappa shape index (κ2) is 10.5. The van der Waals surface area contributed by atoms with Crippen molar-refractivity contribution in [2.45, 2.75) is 98.6 Å². The predicted octanol–water partition coefficient (Wildman–Crippen LogP) is 6.52. The number of carbonyl (C=O) groups is 2. The molecule has 0 saturated heterocycles. The number of urea groups is 1. The van der Waals surface area contributed by atoms with Crippen molar-refractivity contribution in [2.75, 3.05) is 4.90 Å². The summed E-state index contributed by atoms with van der Waals surface area (Å²) < 4.78 is 7.68. The molecular weight excluding hydrogens is 490 g/mol. The van der Waals surface area contributed by atoms with Crippen LogP contribution in [0.1, 0.15) is 76.4 Å². The number of alkyl carbamates (subject to hydrolysis) is 1. The number of para-hydroxylation sites is 1. The summed E-state index contributed by atoms with van der Waals surface area (Å²) in [5, 5.41) is 2.87. The number of nitrogens with zero attached hydrogens (tertiary/aromatic N) is 4. The second-order valence-corrected chi connectivity index (χ2v) is 12.3. The molecule has 1 fully saturated rings. The van der Waals surface area contributed by atoms with Crippen LogP contribution in [0, 0.1) is 12.8 Å². The van der Waals surface area contributed by atoms with Gasteiger partial charge in [-0.25, -0.2) is 14.6 Å². The molecule has 0 spiro atoms. The van der Waals surface area contributed by atoms with Gasteiger partial charge in [0, 0.05) is 25.7 Å². The first kappa shape index (κ1) is 27.0. The quantitative estimate of drug-likeness (QED) is 0.359. The zero-order valence-electron chi connectivity index (χ0n) is 24.1. The van der Waals surface area contributed by atoms with E-state index in [1.165, 1.54) is 5.56 Å². The van der Waals surface area contributed by atoms with Crippen LogP contribution in [0.3, 0.4) is 0 Å². The van der Waals surface area contributed by atoms with Gasteiger partial charge in [0.25, 0.3) is 0 Å². The molecular formula is C31H41N5O3. The standard InChI is InChI=1S/C31H41N5O3/c1-20(2)13-14-34-27-15-21(3)23(17-32-29(37)39-31(4,5)6)16-25(27)33-28(34)19-36-26-10-8-7-9-22(26)18-35(30(36)38)24-11-12-24/h7-10,15-16,20,24H,11-14,17-19H2,1-6H3,(H,32,37). The van der Waals surface area contributed by atoms with Gasteiger partial charge in [0.1, 0.15) is 11.4 Å². The number of amides is 3. The number of fused-ring (bicyclic) bond motifs is 2. The van der Waals surface area contributed by atoms with Crippen LogP contribution in [0.5, 0.6) is 0 Å². The number of aromatic nitrogens is 2. The minimum Gasteiger partial charge on any atom is -0.444 e. The van der Waals surface area contributed by atoms with E-state index in [2.05, 4.69) is 48.9 Å². The minimum atomic E-state index is -0.549. The van der Waals surface area contributed by atoms with Gasteiger partial charge >= 0.3 is 12.1 Å². The Morgan fingerprint density at radius 1 is 1.18 bits per heavy atom. The fourth-order valence-electron chi connectivity index (χ4n) is 5.18. The molecule has 208 valence electrons. The fraction of sp³-hybridized carbons (Fsp3) is 0.516. The Bertz CT molecular complexity index is 1380. The molecule has 3 aromatic rings. The molecule has 0 radical (unpaired) electrons. The van der Waals surface area contributed by atoms with E-state index in [-0.39, 0.29) is 6.03 Å². The van der Waals surface area contributed by atoms with Crippen molar-refractivity contribution in [1.82, 2.24) is 19.8 Å². The van der Waals surface area contributed by atoms with Crippen LogP contribution in [0.2, 0.25) is 0 Å². The zero-order chi connectivity index (χ0) is 27.9. The summed E-state index contributed by atoms with van der Waals surface area (Å²) in [6.45, 7) is 14.3. The van der Waals surface area contributed by atoms with Gasteiger partial charge in [-0.05, 0) is 87.8 Å². The molecule has 2 aromatic carbocycles. The van der Waals surface area contributed by atoms with Crippen LogP contribution < -0.4 is 10.2 Å². The van der Waals surface area contributed by atoms with Crippen molar-refractivity contribution < 1.29 is 14.3 Å². The Kier molecular flexibility index (Phi) is 7.31. The number of benzene rings is 2. The van der Waals surface area contributed by atoms with E-state index in [9.17, 15) is 9.59 Å². The Morgan fingerprint density at radius 2 is 1.92 bits per heavy atom. The lowest BCUT2D eigenvalue weighted by Gasteiger charge is -2.37. The van der Waals surface area contributed by atoms with Crippen LogP contribution in [0.15, 0.2) is 36.4 Å². The first-order valence-corrected chi connectivity index (χ1v) is 14.1. The largest absolute Gasteiger partial charge is 0.444 e. The van der Waals surface area contributed by atoms with Crippen LogP contribution in [0.25, 0.3) is 11.0 Å². The SMILES string of the molecule is Cc1cc2c(cc1CNC(=O)OC(C)(C)C)nc(CN1C(=O)N(C3CC3)Cc3ccccc31)n2CCC(C)C. The fourth-order valence-corrected chi connectivity index (χ4v) is 5.18. The third kappa shape index (κ3) is 6.05. The molecule has 1 aliphatic heterocycles. The van der Waals surface area contributed by atoms with E-state index in [1.807, 2.05) is 48.8 Å². The van der Waals surface area contributed by atoms with Crippen molar-refractivity contribution in [1.29, 1.82) is 0 Å². The highest BCUT2D eigenvalue weighted by atomic mass is 16.6. The van der Waals surface area contributed by atoms with E-state index in [4.69, 9.17) is 9.72 Å². The summed E-state index contributed by atoms with van der Waals surface area (Å²) in [5.41, 5.74) is 5.61. The number of ether oxygens (including phenoxy) is 1. The van der Waals surface area contributed by atoms with E-state index in [0.717, 1.165) is 59.5 Å². The number of hydrogen-bond donors (Lipinski definition) is 1. The maximum absolute atomic E-state index is 13.7. The third-order valence-corrected chi connectivity index (χ3v) is 7.42. The van der Waals surface area contributed by atoms with Crippen LogP contribution in [0.4, 0.5) is 15.3 Å². The molecule has 3 amide bonds. The van der Waals surface area contributed by atoms with E-state index in [1.54, 1.807) is 0 Å². The summed E-state index contributed by atoms with van der Waals surface area (Å²) in [6.07, 6.45) is 2.73. The number of imidazole rings is 1. The van der Waals surface area contributed by atoms with Crippen molar-refractivity contribution in [3.8, 4) is 0 Å². The minimum absolute atomic E-state index is 0.0668. The van der Waals surface area contributed by atoms with Crippen molar-refractivity contribution >= 4 is 28.8 Å². The van der Waals surface area contributed by atoms with Crippen molar-refractivity contribution in [3.05, 3.63) is 58.9 Å². The predicted molar refractivity (Wildman–Crippen MR) is 154 cm³/mol. The molecule has 0 unspecified atom stereocenters. The van der Waals surface area contributed by atoms with Crippen LogP contribution >= 0.6 is 0 Å². The van der Waals surface area contributed by atoms with Crippen LogP contribution in [-0.4, -0.2) is 38.2 Å². The summed E-state index contributed by atoms with van der Waals surface area (Å²) >= 11 is 0. The topological polar surface area (TPSA) is 79.7 Å². The Labute approximate surface area is 231 Å². The Morgan fingerprint density at radius 3 is 2.62 bits per heavy atom. The highest BCUT2D eigenvalue weighted by Gasteiger charge is 2.39. The van der Waals surface area contributed by atoms with Gasteiger partial charge in [0.15, 0.2) is 0 Å². The molecule has 8 nitrogen and oxygen atoms in total. The summed E-state index contributed by atoms with van der Waals surface area (Å²) in [5.74, 6) is 1.42. The first-order valence-electron chi connectivity index (χ1n) is 14.1. The van der Waals surface area contributed by atoms with Gasteiger partial charge in [-0.1, -0.05) is 32.0 Å². The van der Waals surface area contributed by atoms with Crippen LogP contribution in [-0.2, 0) is 30.9 Å². The lowest BCUT2D eigenvalue weighted by Crippen LogP contribution is -2.48. The lowest BCUT2D eigenvalue weighted by atomic mass is 10.1. The van der Waals surface area contributed by atoms with Gasteiger partial charge in [0.2, 0.25) is 0 Å². The normalized spacial score (nSPS) is 15.7. The molecule has 0 bridgehead atoms. The maximum Gasteiger partial charge on any atom is 0.407 e. The molecule has 1 aliphatic carbocycles. The molecule has 1 saturated carbocycles. The number of nitrogens with one attached hydrogen (secondary N) is 1. The van der Waals surface area contributed by atoms with Gasteiger partial charge < -0.3 is 19.5 Å². The summed E-state index contributed by atoms with van der Waals surface area (Å²) in [4.78, 5) is 34.9. The Balaban J connectivity index is 1.47. The molecule has 1 aromatic heterocycles. The van der Waals surface area contributed by atoms with E-state index in [0.29, 0.717) is 31.6 Å². The number of aryl methyl sites for hydroxylation is 2. The van der Waals surface area contributed by atoms with Gasteiger partial charge in [-0.3, -0.25) is 4.90 Å². The number of hydrogen-bond acceptors (Lipinski definition) is 4. The molecule has 2 aliphatic rings. The number of anilines is 1. The number of rotatable bonds is 8. The Hall–Kier alpha value is -3.55. The van der Waals surface area contributed by atoms with E-state index >= 15 is 0 Å². The molecule has 0 atom stereocenters. The van der Waals surface area contributed by atoms with Crippen molar-refractivity contribution in [2.24, 2.45) is 5.92 Å². The monoisotopic (exact) mass is 531 g/mol. The van der Waals surface area contributed by atoms with E-state index < -0.39 is 11.7 Å². The third-order valence-electron chi connectivity index (χ3n) is 7.42. The average Bonchev–Trinajstić information content (AvgIpc) is 3.64. The molecule has 39 heavy (non-hydrogen) atoms. The summed E-state index contributed by atoms with van der Waals surface area (Å²) in [6, 6.07) is 12.8. The average molecular weight is 532 g/mol. The molecule has 2 heterocycles. The highest BCUT2D eigenvalue weighted by Crippen LogP contribution is 2.37. The molecule has 8 heteroatoms. The second-order valence-electron chi connectivity index (χ2n) is 12.3. The maximum atomic E-state index is 13.7. The molecule has 5 rings (SSSR count). The highest BCUT2D eigenvalue weighted by molar-refractivity contribution is 5.95. The van der Waals surface area contributed by atoms with Gasteiger partial charge in [-0.2, -0.15) is 0 Å². The first-order chi connectivity index (χ1) is 18.5. The number of carbonyl (C=O) groups excluding carboxylic acids is 2. The zero-order valence-corrected chi connectivity index (χ0v) is 24.1. The summed E-state index contributed by atoms with van der Waals surface area (Å²) in [7, 11) is 0. The smallest absolute Gasteiger partial charge is 0.407 e. The lowest BCUT2D eigenvalue weighted by molar-refractivity contribution is 0.0523.